The first-order valence-electron chi connectivity index (χ1n) is 9.34. The number of aliphatic imine (C=N–C) groups is 1. The third-order valence-electron chi connectivity index (χ3n) is 5.03. The number of nitrogens with zero attached hydrogens (tertiary/aromatic N) is 3. The highest BCUT2D eigenvalue weighted by atomic mass is 16.2. The van der Waals surface area contributed by atoms with Gasteiger partial charge in [0.05, 0.1) is 0 Å². The molecular weight excluding hydrogens is 340 g/mol. The molecule has 0 atom stereocenters. The first-order chi connectivity index (χ1) is 13.2. The van der Waals surface area contributed by atoms with E-state index >= 15 is 0 Å². The van der Waals surface area contributed by atoms with Gasteiger partial charge in [-0.15, -0.1) is 0 Å². The quantitative estimate of drug-likeness (QED) is 0.840. The third-order valence-corrected chi connectivity index (χ3v) is 5.03. The molecule has 1 N–H and O–H groups in total. The zero-order chi connectivity index (χ0) is 18.6. The summed E-state index contributed by atoms with van der Waals surface area (Å²) in [5, 5.41) is 2.77. The Hall–Kier alpha value is -3.02. The minimum atomic E-state index is 0.00116. The molecule has 0 spiro atoms. The fraction of sp³-hybridized carbons (Fsp3) is 0.333. The molecule has 0 unspecified atom stereocenters. The number of nitrogens with one attached hydrogen (secondary N) is 1. The Balaban J connectivity index is 1.38. The maximum atomic E-state index is 12.5. The average molecular weight is 362 g/mol. The maximum Gasteiger partial charge on any atom is 0.246 e. The van der Waals surface area contributed by atoms with Crippen molar-refractivity contribution in [2.45, 2.75) is 25.7 Å². The third kappa shape index (κ3) is 4.05. The van der Waals surface area contributed by atoms with Crippen molar-refractivity contribution in [1.29, 1.82) is 0 Å². The number of rotatable bonds is 3. The molecule has 138 valence electrons. The molecule has 0 bridgehead atoms. The summed E-state index contributed by atoms with van der Waals surface area (Å²) in [4.78, 5) is 34.3. The minimum Gasteiger partial charge on any atom is -0.335 e. The number of carbonyl (C=O) groups is 2. The number of fused-ring (bicyclic) bond motifs is 1. The standard InChI is InChI=1S/C21H22N4O2/c26-19-5-4-17-12-15(13-23-21(17)24-19)3-6-20(27)25-10-7-16(8-11-25)18-2-1-9-22-14-18/h2-3,6-7,12-14H,1,4-5,8-11H2,(H,23,24,26)/b6-3+. The van der Waals surface area contributed by atoms with Crippen LogP contribution < -0.4 is 5.32 Å². The molecule has 4 heterocycles. The van der Waals surface area contributed by atoms with E-state index < -0.39 is 0 Å². The number of aryl methyl sites for hydroxylation is 1. The number of pyridine rings is 1. The van der Waals surface area contributed by atoms with Gasteiger partial charge in [0.15, 0.2) is 0 Å². The van der Waals surface area contributed by atoms with E-state index in [4.69, 9.17) is 0 Å². The molecule has 1 aromatic heterocycles. The SMILES string of the molecule is O=C1CCc2cc(/C=C/C(=O)N3CC=C(C4=CCCN=C4)CC3)cnc2N1. The van der Waals surface area contributed by atoms with Crippen LogP contribution in [0, 0.1) is 0 Å². The Morgan fingerprint density at radius 2 is 2.15 bits per heavy atom. The number of aromatic nitrogens is 1. The van der Waals surface area contributed by atoms with Crippen LogP contribution in [0.4, 0.5) is 5.82 Å². The Morgan fingerprint density at radius 3 is 2.93 bits per heavy atom. The van der Waals surface area contributed by atoms with Gasteiger partial charge in [0.25, 0.3) is 0 Å². The molecule has 0 saturated carbocycles. The zero-order valence-electron chi connectivity index (χ0n) is 15.1. The van der Waals surface area contributed by atoms with E-state index in [9.17, 15) is 9.59 Å². The van der Waals surface area contributed by atoms with Gasteiger partial charge in [-0.1, -0.05) is 12.2 Å². The van der Waals surface area contributed by atoms with Gasteiger partial charge >= 0.3 is 0 Å². The fourth-order valence-corrected chi connectivity index (χ4v) is 3.49. The molecule has 6 nitrogen and oxygen atoms in total. The fourth-order valence-electron chi connectivity index (χ4n) is 3.49. The highest BCUT2D eigenvalue weighted by molar-refractivity contribution is 5.94. The first-order valence-corrected chi connectivity index (χ1v) is 9.34. The van der Waals surface area contributed by atoms with E-state index in [1.54, 1.807) is 18.3 Å². The van der Waals surface area contributed by atoms with Crippen molar-refractivity contribution in [1.82, 2.24) is 9.88 Å². The Morgan fingerprint density at radius 1 is 1.22 bits per heavy atom. The normalized spacial score (nSPS) is 19.4. The number of amides is 2. The lowest BCUT2D eigenvalue weighted by Gasteiger charge is -2.26. The first kappa shape index (κ1) is 17.4. The molecule has 0 saturated heterocycles. The van der Waals surface area contributed by atoms with Gasteiger partial charge in [-0.05, 0) is 53.7 Å². The number of dihydropyridines is 1. The molecule has 4 rings (SSSR count). The van der Waals surface area contributed by atoms with Crippen molar-refractivity contribution in [2.24, 2.45) is 4.99 Å². The van der Waals surface area contributed by atoms with Gasteiger partial charge in [-0.25, -0.2) is 4.98 Å². The van der Waals surface area contributed by atoms with Gasteiger partial charge in [0, 0.05) is 44.5 Å². The molecule has 6 heteroatoms. The molecule has 27 heavy (non-hydrogen) atoms. The highest BCUT2D eigenvalue weighted by Gasteiger charge is 2.18. The van der Waals surface area contributed by atoms with E-state index in [1.807, 2.05) is 17.2 Å². The van der Waals surface area contributed by atoms with Crippen molar-refractivity contribution in [3.63, 3.8) is 0 Å². The van der Waals surface area contributed by atoms with Gasteiger partial charge < -0.3 is 10.2 Å². The molecule has 3 aliphatic rings. The molecule has 0 fully saturated rings. The number of hydrogen-bond acceptors (Lipinski definition) is 4. The summed E-state index contributed by atoms with van der Waals surface area (Å²) in [5.74, 6) is 0.632. The zero-order valence-corrected chi connectivity index (χ0v) is 15.1. The van der Waals surface area contributed by atoms with Crippen LogP contribution in [0.1, 0.15) is 30.4 Å². The smallest absolute Gasteiger partial charge is 0.246 e. The van der Waals surface area contributed by atoms with Crippen LogP contribution in [0.5, 0.6) is 0 Å². The number of hydrogen-bond donors (Lipinski definition) is 1. The van der Waals surface area contributed by atoms with Crippen LogP contribution >= 0.6 is 0 Å². The van der Waals surface area contributed by atoms with E-state index in [0.717, 1.165) is 30.5 Å². The Kier molecular flexibility index (Phi) is 4.96. The summed E-state index contributed by atoms with van der Waals surface area (Å²) in [7, 11) is 0. The van der Waals surface area contributed by atoms with Crippen LogP contribution in [0.25, 0.3) is 6.08 Å². The monoisotopic (exact) mass is 362 g/mol. The molecule has 1 aromatic rings. The summed E-state index contributed by atoms with van der Waals surface area (Å²) in [6, 6.07) is 1.98. The predicted molar refractivity (Wildman–Crippen MR) is 106 cm³/mol. The van der Waals surface area contributed by atoms with Gasteiger partial charge in [-0.2, -0.15) is 0 Å². The number of allylic oxidation sites excluding steroid dienone is 1. The number of carbonyl (C=O) groups excluding carboxylic acids is 2. The molecule has 0 radical (unpaired) electrons. The van der Waals surface area contributed by atoms with E-state index in [0.29, 0.717) is 31.7 Å². The molecule has 0 aromatic carbocycles. The van der Waals surface area contributed by atoms with Crippen molar-refractivity contribution in [3.8, 4) is 0 Å². The van der Waals surface area contributed by atoms with Crippen molar-refractivity contribution in [2.75, 3.05) is 25.0 Å². The van der Waals surface area contributed by atoms with Crippen molar-refractivity contribution in [3.05, 3.63) is 52.8 Å². The summed E-state index contributed by atoms with van der Waals surface area (Å²) in [6.45, 7) is 2.21. The lowest BCUT2D eigenvalue weighted by atomic mass is 9.98. The topological polar surface area (TPSA) is 74.7 Å². The average Bonchev–Trinajstić information content (AvgIpc) is 2.72. The van der Waals surface area contributed by atoms with Crippen LogP contribution in [0.15, 0.2) is 46.6 Å². The van der Waals surface area contributed by atoms with Crippen molar-refractivity contribution >= 4 is 29.9 Å². The van der Waals surface area contributed by atoms with E-state index in [-0.39, 0.29) is 11.8 Å². The lowest BCUT2D eigenvalue weighted by Crippen LogP contribution is -2.33. The van der Waals surface area contributed by atoms with E-state index in [1.165, 1.54) is 11.1 Å². The second-order valence-corrected chi connectivity index (χ2v) is 6.90. The summed E-state index contributed by atoms with van der Waals surface area (Å²) >= 11 is 0. The molecular formula is C21H22N4O2. The predicted octanol–water partition coefficient (Wildman–Crippen LogP) is 2.54. The van der Waals surface area contributed by atoms with Crippen LogP contribution in [-0.2, 0) is 16.0 Å². The largest absolute Gasteiger partial charge is 0.335 e. The van der Waals surface area contributed by atoms with Crippen LogP contribution in [0.2, 0.25) is 0 Å². The van der Waals surface area contributed by atoms with Gasteiger partial charge in [-0.3, -0.25) is 14.6 Å². The minimum absolute atomic E-state index is 0.00116. The van der Waals surface area contributed by atoms with Crippen LogP contribution in [-0.4, -0.2) is 47.5 Å². The highest BCUT2D eigenvalue weighted by Crippen LogP contribution is 2.22. The van der Waals surface area contributed by atoms with Gasteiger partial charge in [0.2, 0.25) is 11.8 Å². The molecule has 2 amide bonds. The van der Waals surface area contributed by atoms with Crippen LogP contribution in [0.3, 0.4) is 0 Å². The van der Waals surface area contributed by atoms with Crippen molar-refractivity contribution < 1.29 is 9.59 Å². The summed E-state index contributed by atoms with van der Waals surface area (Å²) < 4.78 is 0. The summed E-state index contributed by atoms with van der Waals surface area (Å²) in [5.41, 5.74) is 4.37. The lowest BCUT2D eigenvalue weighted by molar-refractivity contribution is -0.125. The van der Waals surface area contributed by atoms with E-state index in [2.05, 4.69) is 27.4 Å². The van der Waals surface area contributed by atoms with Gasteiger partial charge in [0.1, 0.15) is 5.82 Å². The Bertz CT molecular complexity index is 895. The summed E-state index contributed by atoms with van der Waals surface area (Å²) in [6.07, 6.45) is 14.4. The second-order valence-electron chi connectivity index (χ2n) is 6.90. The molecule has 3 aliphatic heterocycles. The Labute approximate surface area is 158 Å². The maximum absolute atomic E-state index is 12.5. The molecule has 0 aliphatic carbocycles. The number of anilines is 1. The second kappa shape index (κ2) is 7.70.